The normalized spacial score (nSPS) is 11.2. The molecule has 0 radical (unpaired) electrons. The summed E-state index contributed by atoms with van der Waals surface area (Å²) >= 11 is 0. The number of benzene rings is 3. The maximum Gasteiger partial charge on any atom is 0.270 e. The molecule has 11 heteroatoms. The molecule has 3 rings (SSSR count). The maximum absolute atomic E-state index is 13.3. The maximum atomic E-state index is 13.3. The van der Waals surface area contributed by atoms with Gasteiger partial charge in [-0.1, -0.05) is 36.4 Å². The molecule has 0 saturated carbocycles. The number of hydrazone groups is 1. The Balaban J connectivity index is 1.83. The molecule has 0 fully saturated rings. The lowest BCUT2D eigenvalue weighted by atomic mass is 10.2. The van der Waals surface area contributed by atoms with E-state index >= 15 is 0 Å². The predicted octanol–water partition coefficient (Wildman–Crippen LogP) is 2.95. The first-order valence-electron chi connectivity index (χ1n) is 9.59. The van der Waals surface area contributed by atoms with E-state index in [4.69, 9.17) is 4.74 Å². The van der Waals surface area contributed by atoms with Crippen LogP contribution in [0.15, 0.2) is 88.9 Å². The van der Waals surface area contributed by atoms with Crippen molar-refractivity contribution in [3.8, 4) is 5.75 Å². The van der Waals surface area contributed by atoms with Gasteiger partial charge in [0.15, 0.2) is 0 Å². The predicted molar refractivity (Wildman–Crippen MR) is 123 cm³/mol. The van der Waals surface area contributed by atoms with Crippen molar-refractivity contribution in [2.75, 3.05) is 18.0 Å². The highest BCUT2D eigenvalue weighted by Crippen LogP contribution is 2.26. The van der Waals surface area contributed by atoms with E-state index in [1.807, 2.05) is 0 Å². The molecule has 0 atom stereocenters. The monoisotopic (exact) mass is 468 g/mol. The van der Waals surface area contributed by atoms with Crippen LogP contribution in [0.5, 0.6) is 5.75 Å². The molecule has 1 N–H and O–H groups in total. The number of hydrogen-bond donors (Lipinski definition) is 1. The van der Waals surface area contributed by atoms with Gasteiger partial charge in [0.2, 0.25) is 0 Å². The smallest absolute Gasteiger partial charge is 0.270 e. The van der Waals surface area contributed by atoms with Crippen molar-refractivity contribution in [1.82, 2.24) is 5.43 Å². The van der Waals surface area contributed by atoms with Crippen molar-refractivity contribution in [3.63, 3.8) is 0 Å². The summed E-state index contributed by atoms with van der Waals surface area (Å²) in [5, 5.41) is 14.7. The van der Waals surface area contributed by atoms with E-state index < -0.39 is 27.4 Å². The summed E-state index contributed by atoms with van der Waals surface area (Å²) < 4.78 is 32.7. The van der Waals surface area contributed by atoms with Crippen LogP contribution >= 0.6 is 0 Å². The summed E-state index contributed by atoms with van der Waals surface area (Å²) in [6.07, 6.45) is 1.23. The van der Waals surface area contributed by atoms with Crippen molar-refractivity contribution in [2.45, 2.75) is 4.90 Å². The first-order valence-corrected chi connectivity index (χ1v) is 11.0. The number of nitrogens with one attached hydrogen (secondary N) is 1. The van der Waals surface area contributed by atoms with Crippen molar-refractivity contribution >= 4 is 33.5 Å². The van der Waals surface area contributed by atoms with Crippen LogP contribution in [0.3, 0.4) is 0 Å². The van der Waals surface area contributed by atoms with E-state index in [1.54, 1.807) is 42.5 Å². The van der Waals surface area contributed by atoms with E-state index in [1.165, 1.54) is 49.7 Å². The van der Waals surface area contributed by atoms with Gasteiger partial charge in [0.1, 0.15) is 12.3 Å². The zero-order valence-electron chi connectivity index (χ0n) is 17.5. The number of ether oxygens (including phenoxy) is 1. The van der Waals surface area contributed by atoms with E-state index in [0.717, 1.165) is 4.31 Å². The molecule has 0 aliphatic rings. The Labute approximate surface area is 190 Å². The van der Waals surface area contributed by atoms with Gasteiger partial charge in [-0.15, -0.1) is 0 Å². The van der Waals surface area contributed by atoms with Crippen LogP contribution < -0.4 is 14.5 Å². The van der Waals surface area contributed by atoms with Crippen LogP contribution in [-0.4, -0.2) is 39.1 Å². The van der Waals surface area contributed by atoms with Crippen LogP contribution in [0.4, 0.5) is 11.4 Å². The average Bonchev–Trinajstić information content (AvgIpc) is 2.83. The molecular formula is C22H20N4O6S. The van der Waals surface area contributed by atoms with Gasteiger partial charge in [-0.3, -0.25) is 19.2 Å². The SMILES string of the molecule is COc1cccc(N(CC(=O)N/N=C\c2cccc([N+](=O)[O-])c2)S(=O)(=O)c2ccccc2)c1. The molecular weight excluding hydrogens is 448 g/mol. The van der Waals surface area contributed by atoms with Gasteiger partial charge in [-0.2, -0.15) is 5.10 Å². The Morgan fingerprint density at radius 3 is 2.52 bits per heavy atom. The summed E-state index contributed by atoms with van der Waals surface area (Å²) in [5.74, 6) is -0.288. The van der Waals surface area contributed by atoms with Crippen LogP contribution in [-0.2, 0) is 14.8 Å². The largest absolute Gasteiger partial charge is 0.497 e. The molecule has 0 spiro atoms. The summed E-state index contributed by atoms with van der Waals surface area (Å²) in [4.78, 5) is 22.9. The van der Waals surface area contributed by atoms with Crippen LogP contribution in [0, 0.1) is 10.1 Å². The standard InChI is InChI=1S/C22H20N4O6S/c1-32-20-10-6-8-18(14-20)25(33(30,31)21-11-3-2-4-12-21)16-22(27)24-23-15-17-7-5-9-19(13-17)26(28)29/h2-15H,16H2,1H3,(H,24,27)/b23-15-. The Hall–Kier alpha value is -4.25. The second-order valence-electron chi connectivity index (χ2n) is 6.67. The number of carbonyl (C=O) groups excluding carboxylic acids is 1. The first-order chi connectivity index (χ1) is 15.8. The Morgan fingerprint density at radius 1 is 1.09 bits per heavy atom. The molecule has 0 aliphatic carbocycles. The average molecular weight is 468 g/mol. The number of amides is 1. The van der Waals surface area contributed by atoms with Gasteiger partial charge >= 0.3 is 0 Å². The summed E-state index contributed by atoms with van der Waals surface area (Å²) in [6, 6.07) is 19.7. The number of carbonyl (C=O) groups is 1. The Kier molecular flexibility index (Phi) is 7.36. The van der Waals surface area contributed by atoms with E-state index in [9.17, 15) is 23.3 Å². The number of nitro groups is 1. The molecule has 33 heavy (non-hydrogen) atoms. The summed E-state index contributed by atoms with van der Waals surface area (Å²) in [7, 11) is -2.63. The van der Waals surface area contributed by atoms with Crippen molar-refractivity contribution in [3.05, 3.63) is 94.5 Å². The molecule has 0 bridgehead atoms. The molecule has 0 saturated heterocycles. The Morgan fingerprint density at radius 2 is 1.82 bits per heavy atom. The second-order valence-corrected chi connectivity index (χ2v) is 8.53. The van der Waals surface area contributed by atoms with Crippen molar-refractivity contribution < 1.29 is 22.9 Å². The van der Waals surface area contributed by atoms with Gasteiger partial charge < -0.3 is 4.74 Å². The topological polar surface area (TPSA) is 131 Å². The van der Waals surface area contributed by atoms with E-state index in [0.29, 0.717) is 11.3 Å². The molecule has 0 aromatic heterocycles. The number of nitrogens with zero attached hydrogens (tertiary/aromatic N) is 3. The fourth-order valence-corrected chi connectivity index (χ4v) is 4.30. The summed E-state index contributed by atoms with van der Waals surface area (Å²) in [5.41, 5.74) is 2.76. The molecule has 10 nitrogen and oxygen atoms in total. The van der Waals surface area contributed by atoms with Crippen LogP contribution in [0.2, 0.25) is 0 Å². The van der Waals surface area contributed by atoms with Gasteiger partial charge in [-0.05, 0) is 24.3 Å². The van der Waals surface area contributed by atoms with Crippen molar-refractivity contribution in [1.29, 1.82) is 0 Å². The molecule has 170 valence electrons. The first kappa shape index (κ1) is 23.4. The highest BCUT2D eigenvalue weighted by atomic mass is 32.2. The van der Waals surface area contributed by atoms with Crippen LogP contribution in [0.1, 0.15) is 5.56 Å². The minimum absolute atomic E-state index is 0.0146. The third kappa shape index (κ3) is 5.92. The fraction of sp³-hybridized carbons (Fsp3) is 0.0909. The Bertz CT molecular complexity index is 1280. The number of anilines is 1. The zero-order valence-corrected chi connectivity index (χ0v) is 18.3. The highest BCUT2D eigenvalue weighted by molar-refractivity contribution is 7.92. The quantitative estimate of drug-likeness (QED) is 0.292. The highest BCUT2D eigenvalue weighted by Gasteiger charge is 2.27. The lowest BCUT2D eigenvalue weighted by Gasteiger charge is -2.24. The minimum Gasteiger partial charge on any atom is -0.497 e. The lowest BCUT2D eigenvalue weighted by Crippen LogP contribution is -2.39. The van der Waals surface area contributed by atoms with Gasteiger partial charge in [0.25, 0.3) is 21.6 Å². The van der Waals surface area contributed by atoms with Gasteiger partial charge in [-0.25, -0.2) is 13.8 Å². The number of methoxy groups -OCH3 is 1. The molecule has 0 aliphatic heterocycles. The molecule has 1 amide bonds. The molecule has 0 unspecified atom stereocenters. The number of nitro benzene ring substituents is 1. The number of non-ortho nitro benzene ring substituents is 1. The van der Waals surface area contributed by atoms with Gasteiger partial charge in [0.05, 0.1) is 28.8 Å². The number of hydrogen-bond acceptors (Lipinski definition) is 7. The van der Waals surface area contributed by atoms with Gasteiger partial charge in [0, 0.05) is 23.8 Å². The van der Waals surface area contributed by atoms with E-state index in [-0.39, 0.29) is 16.3 Å². The second kappa shape index (κ2) is 10.4. The fourth-order valence-electron chi connectivity index (χ4n) is 2.86. The van der Waals surface area contributed by atoms with Crippen molar-refractivity contribution in [2.24, 2.45) is 5.10 Å². The lowest BCUT2D eigenvalue weighted by molar-refractivity contribution is -0.384. The molecule has 0 heterocycles. The third-order valence-corrected chi connectivity index (χ3v) is 6.23. The number of rotatable bonds is 9. The molecule has 3 aromatic rings. The zero-order chi connectivity index (χ0) is 23.8. The summed E-state index contributed by atoms with van der Waals surface area (Å²) in [6.45, 7) is -0.559. The minimum atomic E-state index is -4.08. The van der Waals surface area contributed by atoms with Crippen LogP contribution in [0.25, 0.3) is 0 Å². The molecule has 3 aromatic carbocycles. The number of sulfonamides is 1. The third-order valence-electron chi connectivity index (χ3n) is 4.44. The van der Waals surface area contributed by atoms with E-state index in [2.05, 4.69) is 10.5 Å².